The van der Waals surface area contributed by atoms with E-state index in [2.05, 4.69) is 33.7 Å². The summed E-state index contributed by atoms with van der Waals surface area (Å²) >= 11 is 0. The molecule has 2 aliphatic heterocycles. The molecule has 3 aromatic rings. The van der Waals surface area contributed by atoms with Crippen LogP contribution in [-0.2, 0) is 50.0 Å². The second kappa shape index (κ2) is 16.8. The molecule has 3 atom stereocenters. The Hall–Kier alpha value is -5.28. The highest BCUT2D eigenvalue weighted by atomic mass is 32.2. The number of rotatable bonds is 16. The second-order valence-electron chi connectivity index (χ2n) is 16.9. The Balaban J connectivity index is 0.928. The van der Waals surface area contributed by atoms with Crippen molar-refractivity contribution in [2.75, 3.05) is 37.0 Å². The molecule has 0 saturated carbocycles. The minimum atomic E-state index is -4.21. The number of nitrogens with zero attached hydrogens (tertiary/aromatic N) is 1. The van der Waals surface area contributed by atoms with Crippen molar-refractivity contribution < 1.29 is 41.9 Å². The van der Waals surface area contributed by atoms with E-state index in [0.29, 0.717) is 37.6 Å². The van der Waals surface area contributed by atoms with Gasteiger partial charge in [-0.2, -0.15) is 0 Å². The van der Waals surface area contributed by atoms with Crippen molar-refractivity contribution in [3.8, 4) is 5.75 Å². The highest BCUT2D eigenvalue weighted by molar-refractivity contribution is 7.90. The van der Waals surface area contributed by atoms with Gasteiger partial charge < -0.3 is 20.1 Å². The van der Waals surface area contributed by atoms with Crippen molar-refractivity contribution in [1.82, 2.24) is 14.9 Å². The lowest BCUT2D eigenvalue weighted by atomic mass is 9.87. The van der Waals surface area contributed by atoms with Crippen LogP contribution in [0.1, 0.15) is 109 Å². The van der Waals surface area contributed by atoms with Gasteiger partial charge in [-0.15, -0.1) is 0 Å². The highest BCUT2D eigenvalue weighted by Gasteiger charge is 2.46. The van der Waals surface area contributed by atoms with Gasteiger partial charge in [0.15, 0.2) is 0 Å². The van der Waals surface area contributed by atoms with Crippen LogP contribution in [0.2, 0.25) is 0 Å². The number of amides is 6. The summed E-state index contributed by atoms with van der Waals surface area (Å²) in [6, 6.07) is 11.5. The molecule has 15 heteroatoms. The fourth-order valence-corrected chi connectivity index (χ4v) is 9.26. The molecule has 1 saturated heterocycles. The number of hydrogen-bond donors (Lipinski definition) is 4. The van der Waals surface area contributed by atoms with Gasteiger partial charge in [0.05, 0.1) is 35.8 Å². The molecule has 7 rings (SSSR count). The number of benzene rings is 3. The number of ether oxygens (including phenoxy) is 2. The minimum absolute atomic E-state index is 0.0431. The van der Waals surface area contributed by atoms with Crippen LogP contribution < -0.4 is 25.4 Å². The number of anilines is 2. The zero-order valence-corrected chi connectivity index (χ0v) is 34.9. The van der Waals surface area contributed by atoms with E-state index in [0.717, 1.165) is 66.7 Å². The first-order valence-corrected chi connectivity index (χ1v) is 22.0. The molecular weight excluding hydrogens is 775 g/mol. The summed E-state index contributed by atoms with van der Waals surface area (Å²) in [6.07, 6.45) is 7.23. The maximum absolute atomic E-state index is 13.6. The molecule has 2 heterocycles. The summed E-state index contributed by atoms with van der Waals surface area (Å²) in [6.45, 7) is 9.53. The molecule has 0 aromatic heterocycles. The number of carbonyl (C=O) groups excluding carboxylic acids is 5. The molecule has 0 radical (unpaired) electrons. The highest BCUT2D eigenvalue weighted by Crippen LogP contribution is 2.39. The predicted molar refractivity (Wildman–Crippen MR) is 221 cm³/mol. The number of piperidine rings is 1. The third-order valence-electron chi connectivity index (χ3n) is 12.4. The number of fused-ring (bicyclic) bond motifs is 3. The number of sulfonamides is 1. The smallest absolute Gasteiger partial charge is 0.333 e. The summed E-state index contributed by atoms with van der Waals surface area (Å²) in [4.78, 5) is 65.1. The molecule has 3 unspecified atom stereocenters. The molecule has 4 aliphatic rings. The van der Waals surface area contributed by atoms with Crippen LogP contribution in [-0.4, -0.2) is 75.4 Å². The largest absolute Gasteiger partial charge is 0.493 e. The predicted octanol–water partition coefficient (Wildman–Crippen LogP) is 5.92. The maximum atomic E-state index is 13.6. The summed E-state index contributed by atoms with van der Waals surface area (Å²) in [5.41, 5.74) is 5.53. The van der Waals surface area contributed by atoms with Crippen LogP contribution in [0, 0.1) is 10.8 Å². The lowest BCUT2D eigenvalue weighted by molar-refractivity contribution is -0.136. The first-order chi connectivity index (χ1) is 28.1. The summed E-state index contributed by atoms with van der Waals surface area (Å²) in [7, 11) is -4.21. The summed E-state index contributed by atoms with van der Waals surface area (Å²) in [5, 5.41) is 8.47. The fraction of sp³-hybridized carbons (Fsp3) is 0.477. The van der Waals surface area contributed by atoms with Crippen LogP contribution in [0.5, 0.6) is 5.75 Å². The van der Waals surface area contributed by atoms with Crippen LogP contribution in [0.3, 0.4) is 0 Å². The lowest BCUT2D eigenvalue weighted by Crippen LogP contribution is -2.54. The number of aryl methyl sites for hydroxylation is 2. The minimum Gasteiger partial charge on any atom is -0.493 e. The van der Waals surface area contributed by atoms with E-state index in [9.17, 15) is 32.4 Å². The topological polar surface area (TPSA) is 189 Å². The van der Waals surface area contributed by atoms with Gasteiger partial charge in [-0.05, 0) is 104 Å². The van der Waals surface area contributed by atoms with E-state index in [1.165, 1.54) is 23.3 Å². The average molecular weight is 828 g/mol. The van der Waals surface area contributed by atoms with E-state index in [1.807, 2.05) is 20.8 Å². The Morgan fingerprint density at radius 3 is 2.20 bits per heavy atom. The van der Waals surface area contributed by atoms with Gasteiger partial charge in [0.25, 0.3) is 21.8 Å². The molecular formula is C44H53N5O9S. The number of nitrogens with one attached hydrogen (secondary N) is 4. The van der Waals surface area contributed by atoms with Gasteiger partial charge >= 0.3 is 6.03 Å². The van der Waals surface area contributed by atoms with Crippen LogP contribution >= 0.6 is 0 Å². The van der Waals surface area contributed by atoms with Gasteiger partial charge in [-0.3, -0.25) is 29.4 Å². The zero-order chi connectivity index (χ0) is 42.1. The molecule has 4 N–H and O–H groups in total. The summed E-state index contributed by atoms with van der Waals surface area (Å²) < 4.78 is 41.5. The van der Waals surface area contributed by atoms with Gasteiger partial charge in [-0.1, -0.05) is 45.9 Å². The van der Waals surface area contributed by atoms with Crippen molar-refractivity contribution in [2.45, 2.75) is 103 Å². The molecule has 14 nitrogen and oxygen atoms in total. The van der Waals surface area contributed by atoms with Gasteiger partial charge in [-0.25, -0.2) is 17.9 Å². The van der Waals surface area contributed by atoms with Crippen LogP contribution in [0.4, 0.5) is 16.2 Å². The van der Waals surface area contributed by atoms with Gasteiger partial charge in [0, 0.05) is 41.2 Å². The molecule has 3 aromatic carbocycles. The van der Waals surface area contributed by atoms with Crippen molar-refractivity contribution in [1.29, 1.82) is 0 Å². The van der Waals surface area contributed by atoms with E-state index >= 15 is 0 Å². The number of hydrogen-bond acceptors (Lipinski definition) is 10. The fourth-order valence-electron chi connectivity index (χ4n) is 8.31. The number of urea groups is 1. The molecule has 2 aliphatic carbocycles. The first kappa shape index (κ1) is 41.9. The Morgan fingerprint density at radius 1 is 0.847 bits per heavy atom. The standard InChI is InChI=1S/C44H53N5O9S/c1-5-43(3,23-45-34-18-10-17-33-37(34)41(53)49(40(33)52)35-19-20-36(50)46-39(35)51)24-57-25-44(4,6-2)26-58-29-13-9-14-30(22-29)59(55,56)48-42(54)47-38-31-15-7-11-27(31)21-28-12-8-16-32(28)38/h9-10,13-14,17-18,21-22,35,45H,5-8,11-12,15-16,19-20,23-26H2,1-4H3,(H,46,50,51)(H2,47,48,54). The van der Waals surface area contributed by atoms with Crippen LogP contribution in [0.25, 0.3) is 0 Å². The SMILES string of the molecule is CCC(C)(CNc1cccc2c1C(=O)N(C1CCC(=O)NC1=O)C2=O)COCC(C)(CC)COc1cccc(S(=O)(=O)NC(=O)Nc2c3c(cc4c2CCC4)CCC3)c1. The molecule has 6 amide bonds. The van der Waals surface area contributed by atoms with Crippen LogP contribution in [0.15, 0.2) is 53.4 Å². The zero-order valence-electron chi connectivity index (χ0n) is 34.1. The Labute approximate surface area is 345 Å². The monoisotopic (exact) mass is 827 g/mol. The quantitative estimate of drug-likeness (QED) is 0.126. The first-order valence-electron chi connectivity index (χ1n) is 20.5. The normalized spacial score (nSPS) is 19.3. The molecule has 59 heavy (non-hydrogen) atoms. The van der Waals surface area contributed by atoms with E-state index in [1.54, 1.807) is 30.3 Å². The van der Waals surface area contributed by atoms with Gasteiger partial charge in [0.2, 0.25) is 11.8 Å². The van der Waals surface area contributed by atoms with E-state index in [4.69, 9.17) is 9.47 Å². The molecule has 0 bridgehead atoms. The summed E-state index contributed by atoms with van der Waals surface area (Å²) in [5.74, 6) is -1.88. The van der Waals surface area contributed by atoms with Gasteiger partial charge in [0.1, 0.15) is 11.8 Å². The second-order valence-corrected chi connectivity index (χ2v) is 18.6. The Bertz CT molecular complexity index is 2280. The molecule has 314 valence electrons. The van der Waals surface area contributed by atoms with Crippen molar-refractivity contribution in [2.24, 2.45) is 10.8 Å². The third kappa shape index (κ3) is 8.72. The molecule has 1 fully saturated rings. The van der Waals surface area contributed by atoms with E-state index < -0.39 is 51.1 Å². The van der Waals surface area contributed by atoms with Crippen molar-refractivity contribution in [3.05, 3.63) is 81.9 Å². The lowest BCUT2D eigenvalue weighted by Gasteiger charge is -2.33. The molecule has 0 spiro atoms. The average Bonchev–Trinajstić information content (AvgIpc) is 3.95. The maximum Gasteiger partial charge on any atom is 0.333 e. The van der Waals surface area contributed by atoms with Crippen molar-refractivity contribution in [3.63, 3.8) is 0 Å². The number of carbonyl (C=O) groups is 5. The number of imide groups is 2. The Kier molecular flexibility index (Phi) is 11.9. The van der Waals surface area contributed by atoms with E-state index in [-0.39, 0.29) is 40.9 Å². The third-order valence-corrected chi connectivity index (χ3v) is 13.8. The Morgan fingerprint density at radius 2 is 1.53 bits per heavy atom. The van der Waals surface area contributed by atoms with Crippen molar-refractivity contribution >= 4 is 51.1 Å².